The lowest BCUT2D eigenvalue weighted by molar-refractivity contribution is -0.140. The van der Waals surface area contributed by atoms with Gasteiger partial charge in [0.05, 0.1) is 17.7 Å². The van der Waals surface area contributed by atoms with E-state index in [4.69, 9.17) is 4.74 Å². The third kappa shape index (κ3) is 7.83. The van der Waals surface area contributed by atoms with Gasteiger partial charge in [-0.2, -0.15) is 0 Å². The first-order chi connectivity index (χ1) is 18.3. The Morgan fingerprint density at radius 2 is 1.59 bits per heavy atom. The topological polar surface area (TPSA) is 96.0 Å². The van der Waals surface area contributed by atoms with E-state index in [0.29, 0.717) is 11.4 Å². The van der Waals surface area contributed by atoms with Gasteiger partial charge in [-0.05, 0) is 76.6 Å². The van der Waals surface area contributed by atoms with Crippen molar-refractivity contribution in [2.24, 2.45) is 0 Å². The summed E-state index contributed by atoms with van der Waals surface area (Å²) < 4.78 is 34.0. The molecule has 2 amide bonds. The number of rotatable bonds is 10. The van der Waals surface area contributed by atoms with Crippen LogP contribution in [0.15, 0.2) is 83.8 Å². The molecule has 0 radical (unpaired) electrons. The van der Waals surface area contributed by atoms with Crippen molar-refractivity contribution in [2.45, 2.75) is 57.6 Å². The number of aryl methyl sites for hydroxylation is 1. The van der Waals surface area contributed by atoms with Crippen molar-refractivity contribution in [2.75, 3.05) is 18.0 Å². The molecule has 0 saturated carbocycles. The molecule has 39 heavy (non-hydrogen) atoms. The number of hydrogen-bond donors (Lipinski definition) is 1. The Balaban J connectivity index is 2.03. The average molecular weight is 552 g/mol. The van der Waals surface area contributed by atoms with E-state index >= 15 is 0 Å². The molecule has 1 atom stereocenters. The number of anilines is 1. The largest absolute Gasteiger partial charge is 0.497 e. The SMILES string of the molecule is COc1cccc(CN(C(=O)CN(c2ccc(C)cc2)S(=O)(=O)c2ccccc2)[C@@H](C)C(=O)NC(C)(C)C)c1. The number of nitrogens with zero attached hydrogens (tertiary/aromatic N) is 2. The minimum atomic E-state index is -4.09. The zero-order chi connectivity index (χ0) is 28.8. The van der Waals surface area contributed by atoms with Crippen LogP contribution in [0.5, 0.6) is 5.75 Å². The summed E-state index contributed by atoms with van der Waals surface area (Å²) in [4.78, 5) is 28.6. The van der Waals surface area contributed by atoms with Gasteiger partial charge in [-0.3, -0.25) is 13.9 Å². The van der Waals surface area contributed by atoms with E-state index < -0.39 is 34.1 Å². The van der Waals surface area contributed by atoms with Gasteiger partial charge in [0, 0.05) is 12.1 Å². The molecule has 8 nitrogen and oxygen atoms in total. The van der Waals surface area contributed by atoms with Crippen LogP contribution in [0.3, 0.4) is 0 Å². The molecule has 0 aliphatic carbocycles. The fourth-order valence-corrected chi connectivity index (χ4v) is 5.42. The summed E-state index contributed by atoms with van der Waals surface area (Å²) >= 11 is 0. The summed E-state index contributed by atoms with van der Waals surface area (Å²) in [5.41, 5.74) is 1.53. The number of ether oxygens (including phenoxy) is 1. The Hall–Kier alpha value is -3.85. The molecule has 3 aromatic rings. The first-order valence-corrected chi connectivity index (χ1v) is 14.1. The van der Waals surface area contributed by atoms with Crippen LogP contribution in [-0.2, 0) is 26.2 Å². The number of methoxy groups -OCH3 is 1. The first kappa shape index (κ1) is 29.7. The molecule has 0 heterocycles. The van der Waals surface area contributed by atoms with E-state index in [0.717, 1.165) is 15.4 Å². The van der Waals surface area contributed by atoms with E-state index in [1.54, 1.807) is 74.7 Å². The summed E-state index contributed by atoms with van der Waals surface area (Å²) in [6.45, 7) is 8.71. The molecule has 3 aromatic carbocycles. The van der Waals surface area contributed by atoms with Crippen LogP contribution in [0.4, 0.5) is 5.69 Å². The quantitative estimate of drug-likeness (QED) is 0.399. The molecule has 208 valence electrons. The van der Waals surface area contributed by atoms with Crippen LogP contribution in [-0.4, -0.2) is 50.4 Å². The molecular weight excluding hydrogens is 514 g/mol. The Morgan fingerprint density at radius 3 is 2.18 bits per heavy atom. The Morgan fingerprint density at radius 1 is 0.949 bits per heavy atom. The molecule has 1 N–H and O–H groups in total. The van der Waals surface area contributed by atoms with Gasteiger partial charge in [0.1, 0.15) is 18.3 Å². The maximum atomic E-state index is 14.0. The van der Waals surface area contributed by atoms with Gasteiger partial charge in [-0.15, -0.1) is 0 Å². The van der Waals surface area contributed by atoms with E-state index in [-0.39, 0.29) is 17.3 Å². The van der Waals surface area contributed by atoms with Crippen molar-refractivity contribution in [1.29, 1.82) is 0 Å². The lowest BCUT2D eigenvalue weighted by Gasteiger charge is -2.33. The fourth-order valence-electron chi connectivity index (χ4n) is 3.98. The monoisotopic (exact) mass is 551 g/mol. The van der Waals surface area contributed by atoms with Gasteiger partial charge >= 0.3 is 0 Å². The van der Waals surface area contributed by atoms with Gasteiger partial charge in [0.15, 0.2) is 0 Å². The van der Waals surface area contributed by atoms with Crippen LogP contribution in [0.25, 0.3) is 0 Å². The van der Waals surface area contributed by atoms with Gasteiger partial charge in [-0.1, -0.05) is 48.0 Å². The summed E-state index contributed by atoms with van der Waals surface area (Å²) in [6.07, 6.45) is 0. The highest BCUT2D eigenvalue weighted by Gasteiger charge is 2.33. The second-order valence-corrected chi connectivity index (χ2v) is 12.3. The molecular formula is C30H37N3O5S. The van der Waals surface area contributed by atoms with Crippen LogP contribution >= 0.6 is 0 Å². The Bertz CT molecular complexity index is 1380. The third-order valence-corrected chi connectivity index (χ3v) is 7.87. The van der Waals surface area contributed by atoms with E-state index in [1.807, 2.05) is 33.8 Å². The summed E-state index contributed by atoms with van der Waals surface area (Å²) in [5, 5.41) is 2.92. The number of carbonyl (C=O) groups excluding carboxylic acids is 2. The second kappa shape index (κ2) is 12.3. The predicted molar refractivity (Wildman–Crippen MR) is 153 cm³/mol. The molecule has 0 fully saturated rings. The van der Waals surface area contributed by atoms with Crippen molar-refractivity contribution < 1.29 is 22.7 Å². The van der Waals surface area contributed by atoms with Gasteiger partial charge in [0.25, 0.3) is 10.0 Å². The number of benzene rings is 3. The lowest BCUT2D eigenvalue weighted by Crippen LogP contribution is -2.54. The molecule has 0 unspecified atom stereocenters. The zero-order valence-corrected chi connectivity index (χ0v) is 24.2. The second-order valence-electron chi connectivity index (χ2n) is 10.4. The Labute approximate surface area is 231 Å². The number of carbonyl (C=O) groups is 2. The first-order valence-electron chi connectivity index (χ1n) is 12.7. The minimum Gasteiger partial charge on any atom is -0.497 e. The highest BCUT2D eigenvalue weighted by molar-refractivity contribution is 7.92. The smallest absolute Gasteiger partial charge is 0.264 e. The average Bonchev–Trinajstić information content (AvgIpc) is 2.90. The molecule has 0 bridgehead atoms. The van der Waals surface area contributed by atoms with Crippen molar-refractivity contribution in [3.05, 3.63) is 90.0 Å². The van der Waals surface area contributed by atoms with Crippen molar-refractivity contribution in [1.82, 2.24) is 10.2 Å². The van der Waals surface area contributed by atoms with Gasteiger partial charge in [0.2, 0.25) is 11.8 Å². The summed E-state index contributed by atoms with van der Waals surface area (Å²) in [6, 6.07) is 21.2. The minimum absolute atomic E-state index is 0.0660. The molecule has 0 spiro atoms. The van der Waals surface area contributed by atoms with Crippen LogP contribution in [0, 0.1) is 6.92 Å². The maximum absolute atomic E-state index is 14.0. The normalized spacial score (nSPS) is 12.4. The highest BCUT2D eigenvalue weighted by atomic mass is 32.2. The molecule has 0 aromatic heterocycles. The van der Waals surface area contributed by atoms with E-state index in [9.17, 15) is 18.0 Å². The Kier molecular flexibility index (Phi) is 9.40. The fraction of sp³-hybridized carbons (Fsp3) is 0.333. The molecule has 9 heteroatoms. The molecule has 0 aliphatic rings. The number of hydrogen-bond acceptors (Lipinski definition) is 5. The number of sulfonamides is 1. The summed E-state index contributed by atoms with van der Waals surface area (Å²) in [7, 11) is -2.54. The summed E-state index contributed by atoms with van der Waals surface area (Å²) in [5.74, 6) is -0.249. The van der Waals surface area contributed by atoms with Gasteiger partial charge in [-0.25, -0.2) is 8.42 Å². The predicted octanol–water partition coefficient (Wildman–Crippen LogP) is 4.53. The van der Waals surface area contributed by atoms with E-state index in [2.05, 4.69) is 5.32 Å². The highest BCUT2D eigenvalue weighted by Crippen LogP contribution is 2.25. The zero-order valence-electron chi connectivity index (χ0n) is 23.3. The lowest BCUT2D eigenvalue weighted by atomic mass is 10.1. The molecule has 3 rings (SSSR count). The molecule has 0 saturated heterocycles. The van der Waals surface area contributed by atoms with Crippen molar-refractivity contribution >= 4 is 27.5 Å². The van der Waals surface area contributed by atoms with Crippen LogP contribution in [0.1, 0.15) is 38.8 Å². The van der Waals surface area contributed by atoms with Gasteiger partial charge < -0.3 is 15.0 Å². The van der Waals surface area contributed by atoms with Crippen LogP contribution in [0.2, 0.25) is 0 Å². The standard InChI is InChI=1S/C30H37N3O5S/c1-22-15-17-25(18-16-22)33(39(36,37)27-13-8-7-9-14-27)21-28(34)32(23(2)29(35)31-30(3,4)5)20-24-11-10-12-26(19-24)38-6/h7-19,23H,20-21H2,1-6H3,(H,31,35)/t23-/m0/s1. The maximum Gasteiger partial charge on any atom is 0.264 e. The third-order valence-electron chi connectivity index (χ3n) is 6.08. The van der Waals surface area contributed by atoms with Crippen molar-refractivity contribution in [3.8, 4) is 5.75 Å². The van der Waals surface area contributed by atoms with Crippen LogP contribution < -0.4 is 14.4 Å². The molecule has 0 aliphatic heterocycles. The van der Waals surface area contributed by atoms with Crippen molar-refractivity contribution in [3.63, 3.8) is 0 Å². The number of nitrogens with one attached hydrogen (secondary N) is 1. The van der Waals surface area contributed by atoms with E-state index in [1.165, 1.54) is 17.0 Å². The number of amides is 2.